The fourth-order valence-electron chi connectivity index (χ4n) is 1.61. The first-order chi connectivity index (χ1) is 7.76. The summed E-state index contributed by atoms with van der Waals surface area (Å²) < 4.78 is 4.64. The van der Waals surface area contributed by atoms with Gasteiger partial charge in [0.25, 0.3) is 0 Å². The van der Waals surface area contributed by atoms with Crippen molar-refractivity contribution in [1.29, 1.82) is 0 Å². The molecule has 0 aliphatic carbocycles. The lowest BCUT2D eigenvalue weighted by molar-refractivity contribution is 0.0601. The number of hydrogen-bond donors (Lipinski definition) is 1. The molecule has 2 rings (SSSR count). The van der Waals surface area contributed by atoms with E-state index in [1.807, 2.05) is 0 Å². The number of aliphatic hydroxyl groups excluding tert-OH is 1. The number of pyridine rings is 1. The Morgan fingerprint density at radius 3 is 2.94 bits per heavy atom. The van der Waals surface area contributed by atoms with Crippen LogP contribution in [0.1, 0.15) is 16.1 Å². The number of hydrogen-bond acceptors (Lipinski definition) is 4. The van der Waals surface area contributed by atoms with Crippen molar-refractivity contribution in [3.8, 4) is 0 Å². The molecule has 0 spiro atoms. The Morgan fingerprint density at radius 2 is 2.25 bits per heavy atom. The Hall–Kier alpha value is -1.94. The predicted molar refractivity (Wildman–Crippen MR) is 59.0 cm³/mol. The van der Waals surface area contributed by atoms with Crippen LogP contribution in [0.25, 0.3) is 10.8 Å². The molecule has 0 amide bonds. The molecule has 0 saturated carbocycles. The molecule has 0 bridgehead atoms. The number of ether oxygens (including phenoxy) is 1. The van der Waals surface area contributed by atoms with Crippen LogP contribution in [0.3, 0.4) is 0 Å². The summed E-state index contributed by atoms with van der Waals surface area (Å²) in [6.45, 7) is -0.116. The van der Waals surface area contributed by atoms with Gasteiger partial charge in [-0.3, -0.25) is 4.98 Å². The highest BCUT2D eigenvalue weighted by atomic mass is 16.5. The standard InChI is InChI=1S/C12H11NO3/c1-16-12(15)9-2-3-10-8(6-9)4-5-13-11(10)7-14/h2-6,14H,7H2,1H3. The first-order valence-electron chi connectivity index (χ1n) is 4.83. The van der Waals surface area contributed by atoms with E-state index in [9.17, 15) is 4.79 Å². The van der Waals surface area contributed by atoms with Crippen LogP contribution in [-0.2, 0) is 11.3 Å². The fraction of sp³-hybridized carbons (Fsp3) is 0.167. The zero-order valence-electron chi connectivity index (χ0n) is 8.80. The topological polar surface area (TPSA) is 59.4 Å². The molecule has 16 heavy (non-hydrogen) atoms. The summed E-state index contributed by atoms with van der Waals surface area (Å²) in [6.07, 6.45) is 1.61. The van der Waals surface area contributed by atoms with Gasteiger partial charge in [-0.2, -0.15) is 0 Å². The van der Waals surface area contributed by atoms with Crippen LogP contribution in [0.15, 0.2) is 30.5 Å². The Morgan fingerprint density at radius 1 is 1.44 bits per heavy atom. The van der Waals surface area contributed by atoms with Crippen LogP contribution in [0, 0.1) is 0 Å². The van der Waals surface area contributed by atoms with Crippen molar-refractivity contribution in [2.75, 3.05) is 7.11 Å². The zero-order valence-corrected chi connectivity index (χ0v) is 8.80. The maximum Gasteiger partial charge on any atom is 0.337 e. The highest BCUT2D eigenvalue weighted by molar-refractivity contribution is 5.95. The number of fused-ring (bicyclic) bond motifs is 1. The van der Waals surface area contributed by atoms with Gasteiger partial charge >= 0.3 is 5.97 Å². The highest BCUT2D eigenvalue weighted by Gasteiger charge is 2.07. The largest absolute Gasteiger partial charge is 0.465 e. The minimum absolute atomic E-state index is 0.116. The van der Waals surface area contributed by atoms with Crippen molar-refractivity contribution in [3.05, 3.63) is 41.7 Å². The van der Waals surface area contributed by atoms with Crippen LogP contribution in [0.5, 0.6) is 0 Å². The third-order valence-corrected chi connectivity index (χ3v) is 2.42. The normalized spacial score (nSPS) is 10.4. The smallest absolute Gasteiger partial charge is 0.337 e. The summed E-state index contributed by atoms with van der Waals surface area (Å²) in [5, 5.41) is 10.8. The Bertz CT molecular complexity index is 537. The molecule has 0 aliphatic heterocycles. The molecule has 4 heteroatoms. The van der Waals surface area contributed by atoms with Gasteiger partial charge in [0.15, 0.2) is 0 Å². The third kappa shape index (κ3) is 1.75. The molecule has 0 saturated heterocycles. The summed E-state index contributed by atoms with van der Waals surface area (Å²) >= 11 is 0. The molecule has 1 aromatic heterocycles. The van der Waals surface area contributed by atoms with E-state index in [4.69, 9.17) is 5.11 Å². The van der Waals surface area contributed by atoms with Crippen LogP contribution in [0.4, 0.5) is 0 Å². The molecular formula is C12H11NO3. The molecule has 0 fully saturated rings. The SMILES string of the molecule is COC(=O)c1ccc2c(CO)nccc2c1. The predicted octanol–water partition coefficient (Wildman–Crippen LogP) is 1.51. The van der Waals surface area contributed by atoms with Gasteiger partial charge in [-0.25, -0.2) is 4.79 Å². The second-order valence-electron chi connectivity index (χ2n) is 3.34. The van der Waals surface area contributed by atoms with Crippen LogP contribution in [0.2, 0.25) is 0 Å². The maximum atomic E-state index is 11.3. The van der Waals surface area contributed by atoms with E-state index < -0.39 is 0 Å². The average Bonchev–Trinajstić information content (AvgIpc) is 2.36. The van der Waals surface area contributed by atoms with Crippen molar-refractivity contribution in [3.63, 3.8) is 0 Å². The number of nitrogens with zero attached hydrogens (tertiary/aromatic N) is 1. The molecule has 1 N–H and O–H groups in total. The van der Waals surface area contributed by atoms with Gasteiger partial charge in [0.05, 0.1) is 25.0 Å². The fourth-order valence-corrected chi connectivity index (χ4v) is 1.61. The second kappa shape index (κ2) is 4.28. The van der Waals surface area contributed by atoms with Crippen molar-refractivity contribution in [2.45, 2.75) is 6.61 Å². The molecule has 4 nitrogen and oxygen atoms in total. The quantitative estimate of drug-likeness (QED) is 0.775. The van der Waals surface area contributed by atoms with Crippen molar-refractivity contribution in [2.24, 2.45) is 0 Å². The summed E-state index contributed by atoms with van der Waals surface area (Å²) in [5.74, 6) is -0.371. The number of aliphatic hydroxyl groups is 1. The molecule has 0 atom stereocenters. The van der Waals surface area contributed by atoms with Gasteiger partial charge in [-0.1, -0.05) is 6.07 Å². The molecule has 2 aromatic rings. The zero-order chi connectivity index (χ0) is 11.5. The Kier molecular flexibility index (Phi) is 2.83. The average molecular weight is 217 g/mol. The van der Waals surface area contributed by atoms with Crippen LogP contribution < -0.4 is 0 Å². The van der Waals surface area contributed by atoms with Gasteiger partial charge in [0, 0.05) is 11.6 Å². The van der Waals surface area contributed by atoms with E-state index in [1.165, 1.54) is 7.11 Å². The molecular weight excluding hydrogens is 206 g/mol. The monoisotopic (exact) mass is 217 g/mol. The first kappa shape index (κ1) is 10.6. The lowest BCUT2D eigenvalue weighted by Gasteiger charge is -2.04. The molecule has 0 aliphatic rings. The van der Waals surface area contributed by atoms with Gasteiger partial charge in [-0.05, 0) is 23.6 Å². The lowest BCUT2D eigenvalue weighted by atomic mass is 10.1. The van der Waals surface area contributed by atoms with Crippen molar-refractivity contribution < 1.29 is 14.6 Å². The number of aromatic nitrogens is 1. The van der Waals surface area contributed by atoms with Gasteiger partial charge in [-0.15, -0.1) is 0 Å². The van der Waals surface area contributed by atoms with Crippen molar-refractivity contribution >= 4 is 16.7 Å². The molecule has 0 radical (unpaired) electrons. The third-order valence-electron chi connectivity index (χ3n) is 2.42. The molecule has 1 heterocycles. The van der Waals surface area contributed by atoms with E-state index in [1.54, 1.807) is 30.5 Å². The maximum absolute atomic E-state index is 11.3. The Labute approximate surface area is 92.5 Å². The number of methoxy groups -OCH3 is 1. The van der Waals surface area contributed by atoms with Gasteiger partial charge in [0.2, 0.25) is 0 Å². The number of benzene rings is 1. The van der Waals surface area contributed by atoms with Gasteiger partial charge in [0.1, 0.15) is 0 Å². The Balaban J connectivity index is 2.59. The van der Waals surface area contributed by atoms with E-state index in [0.29, 0.717) is 11.3 Å². The highest BCUT2D eigenvalue weighted by Crippen LogP contribution is 2.19. The summed E-state index contributed by atoms with van der Waals surface area (Å²) in [5.41, 5.74) is 1.10. The number of carbonyl (C=O) groups excluding carboxylic acids is 1. The van der Waals surface area contributed by atoms with E-state index in [2.05, 4.69) is 9.72 Å². The number of carbonyl (C=O) groups is 1. The van der Waals surface area contributed by atoms with Crippen molar-refractivity contribution in [1.82, 2.24) is 4.98 Å². The first-order valence-corrected chi connectivity index (χ1v) is 4.83. The molecule has 0 unspecified atom stereocenters. The second-order valence-corrected chi connectivity index (χ2v) is 3.34. The van der Waals surface area contributed by atoms with E-state index in [-0.39, 0.29) is 12.6 Å². The van der Waals surface area contributed by atoms with Gasteiger partial charge < -0.3 is 9.84 Å². The van der Waals surface area contributed by atoms with E-state index in [0.717, 1.165) is 10.8 Å². The minimum Gasteiger partial charge on any atom is -0.465 e. The minimum atomic E-state index is -0.371. The lowest BCUT2D eigenvalue weighted by Crippen LogP contribution is -2.01. The summed E-state index contributed by atoms with van der Waals surface area (Å²) in [6, 6.07) is 6.94. The van der Waals surface area contributed by atoms with Crippen LogP contribution in [-0.4, -0.2) is 23.2 Å². The van der Waals surface area contributed by atoms with E-state index >= 15 is 0 Å². The summed E-state index contributed by atoms with van der Waals surface area (Å²) in [7, 11) is 1.35. The summed E-state index contributed by atoms with van der Waals surface area (Å²) in [4.78, 5) is 15.4. The molecule has 82 valence electrons. The number of rotatable bonds is 2. The molecule has 1 aromatic carbocycles. The number of esters is 1. The van der Waals surface area contributed by atoms with Crippen LogP contribution >= 0.6 is 0 Å².